The van der Waals surface area contributed by atoms with Gasteiger partial charge in [0.1, 0.15) is 11.9 Å². The monoisotopic (exact) mass is 329 g/mol. The Morgan fingerprint density at radius 1 is 1.33 bits per heavy atom. The van der Waals surface area contributed by atoms with Crippen molar-refractivity contribution in [2.24, 2.45) is 0 Å². The van der Waals surface area contributed by atoms with E-state index >= 15 is 0 Å². The maximum atomic E-state index is 11.7. The molecule has 2 atom stereocenters. The lowest BCUT2D eigenvalue weighted by Crippen LogP contribution is -2.33. The number of hydrogen-bond acceptors (Lipinski definition) is 5. The lowest BCUT2D eigenvalue weighted by atomic mass is 10.0. The van der Waals surface area contributed by atoms with Crippen LogP contribution in [0.4, 0.5) is 16.4 Å². The number of alkyl carbamates (subject to hydrolysis) is 1. The zero-order valence-corrected chi connectivity index (χ0v) is 14.0. The van der Waals surface area contributed by atoms with Gasteiger partial charge in [0.15, 0.2) is 5.82 Å². The quantitative estimate of drug-likeness (QED) is 0.782. The summed E-state index contributed by atoms with van der Waals surface area (Å²) >= 11 is 0. The second-order valence-electron chi connectivity index (χ2n) is 6.38. The topological polar surface area (TPSA) is 91.9 Å². The third kappa shape index (κ3) is 4.24. The third-order valence-corrected chi connectivity index (χ3v) is 4.02. The fourth-order valence-electron chi connectivity index (χ4n) is 2.93. The highest BCUT2D eigenvalue weighted by molar-refractivity contribution is 5.67. The summed E-state index contributed by atoms with van der Waals surface area (Å²) in [5.74, 6) is 1.83. The summed E-state index contributed by atoms with van der Waals surface area (Å²) in [5.41, 5.74) is 1.06. The van der Waals surface area contributed by atoms with Gasteiger partial charge in [-0.25, -0.2) is 9.78 Å². The summed E-state index contributed by atoms with van der Waals surface area (Å²) in [6.45, 7) is 3.83. The molecule has 0 saturated heterocycles. The molecular weight excluding hydrogens is 306 g/mol. The molecule has 3 N–H and O–H groups in total. The first-order valence-electron chi connectivity index (χ1n) is 8.30. The second kappa shape index (κ2) is 7.33. The Morgan fingerprint density at radius 2 is 2.21 bits per heavy atom. The number of aromatic nitrogens is 3. The molecule has 0 bridgehead atoms. The number of amides is 1. The van der Waals surface area contributed by atoms with Crippen LogP contribution in [-0.2, 0) is 4.74 Å². The number of carbonyl (C=O) groups is 1. The van der Waals surface area contributed by atoms with Crippen molar-refractivity contribution in [1.29, 1.82) is 0 Å². The largest absolute Gasteiger partial charge is 0.446 e. The summed E-state index contributed by atoms with van der Waals surface area (Å²) in [6, 6.07) is 7.76. The molecule has 7 heteroatoms. The molecule has 3 rings (SSSR count). The Labute approximate surface area is 141 Å². The van der Waals surface area contributed by atoms with E-state index in [4.69, 9.17) is 4.74 Å². The van der Waals surface area contributed by atoms with E-state index in [1.54, 1.807) is 6.20 Å². The van der Waals surface area contributed by atoms with Crippen LogP contribution in [-0.4, -0.2) is 33.4 Å². The van der Waals surface area contributed by atoms with Crippen molar-refractivity contribution in [3.8, 4) is 0 Å². The summed E-state index contributed by atoms with van der Waals surface area (Å²) in [4.78, 5) is 15.9. The number of H-pyrrole nitrogens is 1. The van der Waals surface area contributed by atoms with E-state index in [1.165, 1.54) is 0 Å². The van der Waals surface area contributed by atoms with E-state index in [1.807, 2.05) is 38.1 Å². The van der Waals surface area contributed by atoms with Crippen molar-refractivity contribution in [3.05, 3.63) is 36.2 Å². The fraction of sp³-hybridized carbons (Fsp3) is 0.471. The van der Waals surface area contributed by atoms with E-state index in [2.05, 4.69) is 25.8 Å². The Balaban J connectivity index is 1.54. The summed E-state index contributed by atoms with van der Waals surface area (Å²) in [7, 11) is 0. The van der Waals surface area contributed by atoms with Crippen LogP contribution >= 0.6 is 0 Å². The van der Waals surface area contributed by atoms with Gasteiger partial charge in [0, 0.05) is 29.9 Å². The first-order chi connectivity index (χ1) is 11.6. The average molecular weight is 329 g/mol. The number of anilines is 2. The van der Waals surface area contributed by atoms with E-state index in [0.29, 0.717) is 5.92 Å². The van der Waals surface area contributed by atoms with Gasteiger partial charge < -0.3 is 15.4 Å². The lowest BCUT2D eigenvalue weighted by Gasteiger charge is -2.14. The average Bonchev–Trinajstić information content (AvgIpc) is 3.17. The molecule has 0 aromatic carbocycles. The molecule has 7 nitrogen and oxygen atoms in total. The Bertz CT molecular complexity index is 671. The minimum absolute atomic E-state index is 0.0377. The molecule has 2 aromatic heterocycles. The Morgan fingerprint density at radius 3 is 2.96 bits per heavy atom. The third-order valence-electron chi connectivity index (χ3n) is 4.02. The van der Waals surface area contributed by atoms with Crippen LogP contribution in [0.25, 0.3) is 0 Å². The summed E-state index contributed by atoms with van der Waals surface area (Å²) in [5, 5.41) is 13.3. The molecule has 1 fully saturated rings. The van der Waals surface area contributed by atoms with Gasteiger partial charge in [-0.1, -0.05) is 6.07 Å². The number of pyridine rings is 1. The maximum absolute atomic E-state index is 11.7. The number of nitrogens with one attached hydrogen (secondary N) is 3. The van der Waals surface area contributed by atoms with Gasteiger partial charge in [-0.05, 0) is 45.2 Å². The van der Waals surface area contributed by atoms with Gasteiger partial charge in [-0.2, -0.15) is 5.10 Å². The lowest BCUT2D eigenvalue weighted by molar-refractivity contribution is 0.0981. The highest BCUT2D eigenvalue weighted by Gasteiger charge is 2.30. The molecule has 1 aliphatic rings. The van der Waals surface area contributed by atoms with Crippen LogP contribution in [0.3, 0.4) is 0 Å². The zero-order valence-electron chi connectivity index (χ0n) is 14.0. The van der Waals surface area contributed by atoms with Crippen LogP contribution in [0.5, 0.6) is 0 Å². The van der Waals surface area contributed by atoms with Crippen molar-refractivity contribution in [2.75, 3.05) is 5.32 Å². The minimum atomic E-state index is -0.335. The first-order valence-corrected chi connectivity index (χ1v) is 8.30. The van der Waals surface area contributed by atoms with Gasteiger partial charge >= 0.3 is 6.09 Å². The highest BCUT2D eigenvalue weighted by Crippen LogP contribution is 2.36. The number of ether oxygens (including phenoxy) is 1. The molecule has 1 saturated carbocycles. The van der Waals surface area contributed by atoms with Crippen molar-refractivity contribution in [3.63, 3.8) is 0 Å². The standard InChI is InChI=1S/C17H23N5O2/c1-11(2)19-17(23)24-13-7-6-12(9-13)14-10-16(22-21-14)20-15-5-3-4-8-18-15/h3-5,8,10-13H,6-7,9H2,1-2H3,(H,19,23)(H2,18,20,21,22)/t12-,13+/m0/s1. The van der Waals surface area contributed by atoms with Crippen molar-refractivity contribution < 1.29 is 9.53 Å². The van der Waals surface area contributed by atoms with Gasteiger partial charge in [-0.15, -0.1) is 0 Å². The van der Waals surface area contributed by atoms with E-state index in [0.717, 1.165) is 36.6 Å². The molecule has 0 radical (unpaired) electrons. The smallest absolute Gasteiger partial charge is 0.407 e. The summed E-state index contributed by atoms with van der Waals surface area (Å²) in [6.07, 6.45) is 4.03. The SMILES string of the molecule is CC(C)NC(=O)O[C@@H]1CC[C@H](c2cc(Nc3ccccn3)n[nH]2)C1. The van der Waals surface area contributed by atoms with E-state index in [-0.39, 0.29) is 18.2 Å². The highest BCUT2D eigenvalue weighted by atomic mass is 16.6. The molecule has 1 aliphatic carbocycles. The van der Waals surface area contributed by atoms with Crippen molar-refractivity contribution in [2.45, 2.75) is 51.2 Å². The summed E-state index contributed by atoms with van der Waals surface area (Å²) < 4.78 is 5.47. The number of aromatic amines is 1. The van der Waals surface area contributed by atoms with Crippen molar-refractivity contribution >= 4 is 17.7 Å². The van der Waals surface area contributed by atoms with Gasteiger partial charge in [-0.3, -0.25) is 5.10 Å². The molecule has 0 spiro atoms. The predicted molar refractivity (Wildman–Crippen MR) is 91.2 cm³/mol. The Kier molecular flexibility index (Phi) is 4.98. The van der Waals surface area contributed by atoms with Crippen LogP contribution < -0.4 is 10.6 Å². The van der Waals surface area contributed by atoms with Crippen LogP contribution in [0.1, 0.15) is 44.7 Å². The number of carbonyl (C=O) groups excluding carboxylic acids is 1. The molecule has 2 heterocycles. The molecule has 0 unspecified atom stereocenters. The predicted octanol–water partition coefficient (Wildman–Crippen LogP) is 3.32. The number of rotatable bonds is 5. The normalized spacial score (nSPS) is 20.1. The van der Waals surface area contributed by atoms with Crippen LogP contribution in [0, 0.1) is 0 Å². The maximum Gasteiger partial charge on any atom is 0.407 e. The molecule has 1 amide bonds. The molecule has 2 aromatic rings. The van der Waals surface area contributed by atoms with Crippen LogP contribution in [0.2, 0.25) is 0 Å². The van der Waals surface area contributed by atoms with E-state index in [9.17, 15) is 4.79 Å². The van der Waals surface area contributed by atoms with E-state index < -0.39 is 0 Å². The minimum Gasteiger partial charge on any atom is -0.446 e. The molecule has 24 heavy (non-hydrogen) atoms. The second-order valence-corrected chi connectivity index (χ2v) is 6.38. The number of nitrogens with zero attached hydrogens (tertiary/aromatic N) is 2. The fourth-order valence-corrected chi connectivity index (χ4v) is 2.93. The molecular formula is C17H23N5O2. The van der Waals surface area contributed by atoms with Gasteiger partial charge in [0.05, 0.1) is 0 Å². The zero-order chi connectivity index (χ0) is 16.9. The van der Waals surface area contributed by atoms with Gasteiger partial charge in [0.2, 0.25) is 0 Å². The van der Waals surface area contributed by atoms with Gasteiger partial charge in [0.25, 0.3) is 0 Å². The number of hydrogen-bond donors (Lipinski definition) is 3. The van der Waals surface area contributed by atoms with Crippen LogP contribution in [0.15, 0.2) is 30.5 Å². The molecule has 0 aliphatic heterocycles. The Hall–Kier alpha value is -2.57. The molecule has 128 valence electrons. The van der Waals surface area contributed by atoms with Crippen molar-refractivity contribution in [1.82, 2.24) is 20.5 Å². The first kappa shape index (κ1) is 16.3.